The molecular weight excluding hydrogens is 339 g/mol. The molecule has 0 spiro atoms. The Bertz CT molecular complexity index is 507. The molecule has 0 aromatic carbocycles. The van der Waals surface area contributed by atoms with Crippen LogP contribution in [0, 0.1) is 6.92 Å². The predicted octanol–water partition coefficient (Wildman–Crippen LogP) is 2.99. The van der Waals surface area contributed by atoms with Crippen LogP contribution in [0.3, 0.4) is 0 Å². The van der Waals surface area contributed by atoms with E-state index in [1.165, 1.54) is 6.92 Å². The largest absolute Gasteiger partial charge is 0.436 e. The lowest BCUT2D eigenvalue weighted by Gasteiger charge is -2.26. The average molecular weight is 354 g/mol. The fourth-order valence-electron chi connectivity index (χ4n) is 2.23. The molecular formula is C12H15BrF3N3O. The Kier molecular flexibility index (Phi) is 4.41. The van der Waals surface area contributed by atoms with Crippen LogP contribution in [-0.4, -0.2) is 33.7 Å². The SMILES string of the molecule is Cc1c(Br)c(C(F)(F)F)nn1CC(=O)N1CCCCC1. The molecule has 0 aliphatic carbocycles. The molecule has 4 nitrogen and oxygen atoms in total. The van der Waals surface area contributed by atoms with Crippen LogP contribution < -0.4 is 0 Å². The van der Waals surface area contributed by atoms with E-state index in [9.17, 15) is 18.0 Å². The normalized spacial score (nSPS) is 16.6. The van der Waals surface area contributed by atoms with Crippen LogP contribution in [0.2, 0.25) is 0 Å². The van der Waals surface area contributed by atoms with Gasteiger partial charge in [0.15, 0.2) is 5.69 Å². The molecule has 1 aromatic heterocycles. The second kappa shape index (κ2) is 5.75. The van der Waals surface area contributed by atoms with Crippen molar-refractivity contribution in [2.45, 2.75) is 38.9 Å². The minimum Gasteiger partial charge on any atom is -0.341 e. The van der Waals surface area contributed by atoms with Gasteiger partial charge >= 0.3 is 6.18 Å². The molecule has 0 saturated carbocycles. The number of amides is 1. The molecule has 2 rings (SSSR count). The Morgan fingerprint density at radius 2 is 1.90 bits per heavy atom. The topological polar surface area (TPSA) is 38.1 Å². The number of nitrogens with zero attached hydrogens (tertiary/aromatic N) is 3. The number of halogens is 4. The third-order valence-electron chi connectivity index (χ3n) is 3.40. The van der Waals surface area contributed by atoms with Crippen molar-refractivity contribution in [3.8, 4) is 0 Å². The van der Waals surface area contributed by atoms with E-state index < -0.39 is 11.9 Å². The second-order valence-electron chi connectivity index (χ2n) is 4.84. The summed E-state index contributed by atoms with van der Waals surface area (Å²) in [6.07, 6.45) is -1.54. The smallest absolute Gasteiger partial charge is 0.341 e. The Labute approximate surface area is 123 Å². The second-order valence-corrected chi connectivity index (χ2v) is 5.64. The van der Waals surface area contributed by atoms with E-state index in [0.717, 1.165) is 23.9 Å². The van der Waals surface area contributed by atoms with Crippen molar-refractivity contribution in [2.75, 3.05) is 13.1 Å². The van der Waals surface area contributed by atoms with Gasteiger partial charge in [-0.25, -0.2) is 0 Å². The zero-order valence-corrected chi connectivity index (χ0v) is 12.6. The van der Waals surface area contributed by atoms with Crippen molar-refractivity contribution in [3.05, 3.63) is 15.9 Å². The highest BCUT2D eigenvalue weighted by atomic mass is 79.9. The van der Waals surface area contributed by atoms with E-state index in [2.05, 4.69) is 21.0 Å². The van der Waals surface area contributed by atoms with Gasteiger partial charge in [-0.3, -0.25) is 9.48 Å². The van der Waals surface area contributed by atoms with Gasteiger partial charge in [-0.05, 0) is 42.1 Å². The summed E-state index contributed by atoms with van der Waals surface area (Å²) in [4.78, 5) is 13.7. The summed E-state index contributed by atoms with van der Waals surface area (Å²) < 4.78 is 39.2. The first kappa shape index (κ1) is 15.3. The molecule has 1 aromatic rings. The van der Waals surface area contributed by atoms with Crippen LogP contribution in [-0.2, 0) is 17.5 Å². The first-order valence-electron chi connectivity index (χ1n) is 6.38. The minimum atomic E-state index is -4.52. The van der Waals surface area contributed by atoms with Gasteiger partial charge in [-0.15, -0.1) is 0 Å². The highest BCUT2D eigenvalue weighted by molar-refractivity contribution is 9.10. The molecule has 8 heteroatoms. The lowest BCUT2D eigenvalue weighted by Crippen LogP contribution is -2.38. The van der Waals surface area contributed by atoms with Crippen molar-refractivity contribution in [1.29, 1.82) is 0 Å². The van der Waals surface area contributed by atoms with E-state index in [1.807, 2.05) is 0 Å². The Morgan fingerprint density at radius 3 is 2.40 bits per heavy atom. The zero-order chi connectivity index (χ0) is 14.9. The summed E-state index contributed by atoms with van der Waals surface area (Å²) >= 11 is 2.89. The Hall–Kier alpha value is -1.05. The van der Waals surface area contributed by atoms with Crippen LogP contribution in [0.25, 0.3) is 0 Å². The van der Waals surface area contributed by atoms with Crippen LogP contribution in [0.1, 0.15) is 30.7 Å². The van der Waals surface area contributed by atoms with Gasteiger partial charge in [0, 0.05) is 13.1 Å². The summed E-state index contributed by atoms with van der Waals surface area (Å²) in [5.74, 6) is -0.184. The quantitative estimate of drug-likeness (QED) is 0.819. The van der Waals surface area contributed by atoms with Gasteiger partial charge in [0.25, 0.3) is 0 Å². The van der Waals surface area contributed by atoms with E-state index in [-0.39, 0.29) is 16.9 Å². The molecule has 1 fully saturated rings. The number of piperidine rings is 1. The fraction of sp³-hybridized carbons (Fsp3) is 0.667. The number of hydrogen-bond acceptors (Lipinski definition) is 2. The number of aromatic nitrogens is 2. The van der Waals surface area contributed by atoms with E-state index in [4.69, 9.17) is 0 Å². The van der Waals surface area contributed by atoms with Crippen LogP contribution in [0.15, 0.2) is 4.47 Å². The summed E-state index contributed by atoms with van der Waals surface area (Å²) in [6.45, 7) is 2.70. The molecule has 0 bridgehead atoms. The molecule has 1 amide bonds. The Balaban J connectivity index is 2.15. The molecule has 0 N–H and O–H groups in total. The highest BCUT2D eigenvalue weighted by Gasteiger charge is 2.38. The van der Waals surface area contributed by atoms with Gasteiger partial charge in [0.05, 0.1) is 10.2 Å². The number of likely N-dealkylation sites (tertiary alicyclic amines) is 1. The fourth-order valence-corrected chi connectivity index (χ4v) is 2.74. The van der Waals surface area contributed by atoms with E-state index in [1.54, 1.807) is 4.90 Å². The predicted molar refractivity (Wildman–Crippen MR) is 70.1 cm³/mol. The van der Waals surface area contributed by atoms with Crippen molar-refractivity contribution < 1.29 is 18.0 Å². The number of carbonyl (C=O) groups excluding carboxylic acids is 1. The van der Waals surface area contributed by atoms with Gasteiger partial charge in [-0.2, -0.15) is 18.3 Å². The number of hydrogen-bond donors (Lipinski definition) is 0. The molecule has 0 atom stereocenters. The van der Waals surface area contributed by atoms with E-state index >= 15 is 0 Å². The first-order valence-corrected chi connectivity index (χ1v) is 7.18. The molecule has 2 heterocycles. The summed E-state index contributed by atoms with van der Waals surface area (Å²) in [5, 5.41) is 3.51. The van der Waals surface area contributed by atoms with Gasteiger partial charge in [0.1, 0.15) is 6.54 Å². The molecule has 0 unspecified atom stereocenters. The van der Waals surface area contributed by atoms with Crippen LogP contribution in [0.5, 0.6) is 0 Å². The maximum Gasteiger partial charge on any atom is 0.436 e. The maximum absolute atomic E-state index is 12.7. The van der Waals surface area contributed by atoms with Gasteiger partial charge in [-0.1, -0.05) is 0 Å². The molecule has 112 valence electrons. The molecule has 1 aliphatic rings. The zero-order valence-electron chi connectivity index (χ0n) is 11.0. The number of alkyl halides is 3. The maximum atomic E-state index is 12.7. The first-order chi connectivity index (χ1) is 9.30. The lowest BCUT2D eigenvalue weighted by molar-refractivity contribution is -0.142. The lowest BCUT2D eigenvalue weighted by atomic mass is 10.1. The van der Waals surface area contributed by atoms with E-state index in [0.29, 0.717) is 18.8 Å². The third kappa shape index (κ3) is 3.16. The number of carbonyl (C=O) groups is 1. The van der Waals surface area contributed by atoms with Crippen molar-refractivity contribution in [2.24, 2.45) is 0 Å². The van der Waals surface area contributed by atoms with Gasteiger partial charge in [0.2, 0.25) is 5.91 Å². The van der Waals surface area contributed by atoms with Crippen LogP contribution in [0.4, 0.5) is 13.2 Å². The summed E-state index contributed by atoms with van der Waals surface area (Å²) in [6, 6.07) is 0. The minimum absolute atomic E-state index is 0.101. The summed E-state index contributed by atoms with van der Waals surface area (Å²) in [5.41, 5.74) is -0.677. The standard InChI is InChI=1S/C12H15BrF3N3O/c1-8-10(13)11(12(14,15)16)17-19(8)7-9(20)18-5-3-2-4-6-18/h2-7H2,1H3. The van der Waals surface area contributed by atoms with Gasteiger partial charge < -0.3 is 4.90 Å². The molecule has 0 radical (unpaired) electrons. The highest BCUT2D eigenvalue weighted by Crippen LogP contribution is 2.35. The van der Waals surface area contributed by atoms with Crippen molar-refractivity contribution in [3.63, 3.8) is 0 Å². The molecule has 1 saturated heterocycles. The summed E-state index contributed by atoms with van der Waals surface area (Å²) in [7, 11) is 0. The average Bonchev–Trinajstić information content (AvgIpc) is 2.68. The molecule has 1 aliphatic heterocycles. The van der Waals surface area contributed by atoms with Crippen molar-refractivity contribution >= 4 is 21.8 Å². The number of rotatable bonds is 2. The third-order valence-corrected chi connectivity index (χ3v) is 4.35. The van der Waals surface area contributed by atoms with Crippen molar-refractivity contribution in [1.82, 2.24) is 14.7 Å². The Morgan fingerprint density at radius 1 is 1.30 bits per heavy atom. The molecule has 20 heavy (non-hydrogen) atoms. The van der Waals surface area contributed by atoms with Crippen LogP contribution >= 0.6 is 15.9 Å². The monoisotopic (exact) mass is 353 g/mol.